The van der Waals surface area contributed by atoms with E-state index in [1.807, 2.05) is 36.6 Å². The maximum absolute atomic E-state index is 4.98. The molecular formula is C12H11Cl3FeN3S2. The van der Waals surface area contributed by atoms with Gasteiger partial charge >= 0.3 is 41.5 Å². The van der Waals surface area contributed by atoms with Gasteiger partial charge in [0.05, 0.1) is 11.9 Å². The molecule has 1 aromatic carbocycles. The molecule has 0 bridgehead atoms. The van der Waals surface area contributed by atoms with Crippen LogP contribution in [-0.2, 0) is 11.2 Å². The van der Waals surface area contributed by atoms with Crippen LogP contribution in [-0.4, -0.2) is 21.8 Å². The summed E-state index contributed by atoms with van der Waals surface area (Å²) in [6, 6.07) is 10.0. The fourth-order valence-corrected chi connectivity index (χ4v) is 1.63. The molecule has 3 nitrogen and oxygen atoms in total. The van der Waals surface area contributed by atoms with E-state index in [2.05, 4.69) is 15.5 Å². The van der Waals surface area contributed by atoms with Gasteiger partial charge in [-0.25, -0.2) is 0 Å². The Morgan fingerprint density at radius 1 is 1.33 bits per heavy atom. The van der Waals surface area contributed by atoms with Crippen molar-refractivity contribution < 1.29 is 11.2 Å². The number of fused-ring (bicyclic) bond motifs is 1. The Morgan fingerprint density at radius 3 is 2.67 bits per heavy atom. The van der Waals surface area contributed by atoms with E-state index >= 15 is 0 Å². The standard InChI is InChI=1S/C12H11N3S2.3ClH.Fe/c1-17-12(16)15-14-8-11-10-5-3-2-4-9(10)6-7-13-11;;;;/h2-8H,1H3,(H,15,16);3*1H;/q;;;;+3/p-3. The van der Waals surface area contributed by atoms with Gasteiger partial charge in [0, 0.05) is 11.6 Å². The van der Waals surface area contributed by atoms with Gasteiger partial charge in [0.15, 0.2) is 4.32 Å². The third-order valence-corrected chi connectivity index (χ3v) is 3.29. The summed E-state index contributed by atoms with van der Waals surface area (Å²) in [4.78, 5) is 4.29. The molecule has 0 atom stereocenters. The van der Waals surface area contributed by atoms with Gasteiger partial charge in [-0.1, -0.05) is 48.2 Å². The zero-order valence-electron chi connectivity index (χ0n) is 10.7. The molecule has 0 saturated carbocycles. The molecule has 0 fully saturated rings. The van der Waals surface area contributed by atoms with Gasteiger partial charge in [0.1, 0.15) is 0 Å². The monoisotopic (exact) mass is 422 g/mol. The minimum atomic E-state index is -1.33. The van der Waals surface area contributed by atoms with Crippen molar-refractivity contribution >= 4 is 75.6 Å². The number of thioether (sulfide) groups is 1. The third-order valence-electron chi connectivity index (χ3n) is 2.23. The van der Waals surface area contributed by atoms with Crippen LogP contribution >= 0.6 is 54.3 Å². The van der Waals surface area contributed by atoms with Crippen LogP contribution in [0.4, 0.5) is 0 Å². The summed E-state index contributed by atoms with van der Waals surface area (Å²) in [5.41, 5.74) is 3.60. The fourth-order valence-electron chi connectivity index (χ4n) is 1.44. The molecule has 115 valence electrons. The average Bonchev–Trinajstić information content (AvgIpc) is 2.46. The molecule has 21 heavy (non-hydrogen) atoms. The van der Waals surface area contributed by atoms with E-state index in [1.54, 1.807) is 12.4 Å². The second-order valence-corrected chi connectivity index (χ2v) is 10.4. The number of hydrazone groups is 1. The zero-order chi connectivity index (χ0) is 15.7. The number of rotatable bonds is 2. The molecule has 1 aromatic heterocycles. The fraction of sp³-hybridized carbons (Fsp3) is 0.0833. The Kier molecular flexibility index (Phi) is 9.60. The van der Waals surface area contributed by atoms with Gasteiger partial charge < -0.3 is 0 Å². The molecule has 2 aromatic rings. The molecule has 1 heterocycles. The normalized spacial score (nSPS) is 11.0. The van der Waals surface area contributed by atoms with E-state index in [4.69, 9.17) is 42.5 Å². The van der Waals surface area contributed by atoms with Crippen LogP contribution in [0.3, 0.4) is 0 Å². The number of halogens is 3. The first kappa shape index (κ1) is 19.0. The molecule has 0 radical (unpaired) electrons. The van der Waals surface area contributed by atoms with Crippen molar-refractivity contribution in [1.82, 2.24) is 10.4 Å². The van der Waals surface area contributed by atoms with Crippen LogP contribution in [0.15, 0.2) is 41.6 Å². The summed E-state index contributed by atoms with van der Waals surface area (Å²) in [7, 11) is 14.7. The molecule has 0 aliphatic rings. The number of hydrogen-bond acceptors (Lipinski definition) is 4. The van der Waals surface area contributed by atoms with Crippen LogP contribution in [0.5, 0.6) is 0 Å². The van der Waals surface area contributed by atoms with Gasteiger partial charge in [-0.3, -0.25) is 10.4 Å². The van der Waals surface area contributed by atoms with E-state index in [0.29, 0.717) is 4.32 Å². The van der Waals surface area contributed by atoms with Gasteiger partial charge in [0.25, 0.3) is 0 Å². The molecular weight excluding hydrogens is 412 g/mol. The van der Waals surface area contributed by atoms with E-state index in [9.17, 15) is 0 Å². The second-order valence-electron chi connectivity index (χ2n) is 3.43. The van der Waals surface area contributed by atoms with Gasteiger partial charge in [-0.05, 0) is 17.7 Å². The van der Waals surface area contributed by atoms with Crippen LogP contribution < -0.4 is 5.43 Å². The van der Waals surface area contributed by atoms with Crippen LogP contribution in [0.2, 0.25) is 0 Å². The molecule has 9 heteroatoms. The van der Waals surface area contributed by atoms with Crippen LogP contribution in [0.1, 0.15) is 5.69 Å². The summed E-state index contributed by atoms with van der Waals surface area (Å²) in [6.45, 7) is 0. The molecule has 0 saturated heterocycles. The quantitative estimate of drug-likeness (QED) is 0.324. The van der Waals surface area contributed by atoms with Crippen molar-refractivity contribution in [2.45, 2.75) is 0 Å². The van der Waals surface area contributed by atoms with Crippen molar-refractivity contribution in [3.63, 3.8) is 0 Å². The summed E-state index contributed by atoms with van der Waals surface area (Å²) < 4.78 is 0.640. The molecule has 0 aliphatic heterocycles. The Balaban J connectivity index is 0.000000491. The topological polar surface area (TPSA) is 37.3 Å². The molecule has 0 unspecified atom stereocenters. The van der Waals surface area contributed by atoms with Crippen molar-refractivity contribution in [2.24, 2.45) is 5.10 Å². The summed E-state index contributed by atoms with van der Waals surface area (Å²) >= 11 is 5.10. The van der Waals surface area contributed by atoms with Crippen LogP contribution in [0.25, 0.3) is 10.8 Å². The third kappa shape index (κ3) is 7.66. The number of nitrogens with one attached hydrogen (secondary N) is 1. The van der Waals surface area contributed by atoms with Crippen molar-refractivity contribution in [3.05, 3.63) is 42.2 Å². The number of nitrogens with zero attached hydrogens (tertiary/aromatic N) is 2. The van der Waals surface area contributed by atoms with Gasteiger partial charge in [0.2, 0.25) is 0 Å². The molecule has 1 N–H and O–H groups in total. The first-order valence-electron chi connectivity index (χ1n) is 5.42. The average molecular weight is 424 g/mol. The SMILES string of the molecule is CSC(=S)NN=Cc1nccc2ccccc12.[Cl][Fe]([Cl])[Cl]. The van der Waals surface area contributed by atoms with Crippen molar-refractivity contribution in [3.8, 4) is 0 Å². The number of hydrogen-bond donors (Lipinski definition) is 1. The van der Waals surface area contributed by atoms with Gasteiger partial charge in [-0.2, -0.15) is 5.10 Å². The first-order chi connectivity index (χ1) is 10.0. The Bertz CT molecular complexity index is 617. The van der Waals surface area contributed by atoms with E-state index in [-0.39, 0.29) is 0 Å². The number of benzene rings is 1. The predicted molar refractivity (Wildman–Crippen MR) is 96.1 cm³/mol. The van der Waals surface area contributed by atoms with Crippen molar-refractivity contribution in [1.29, 1.82) is 0 Å². The summed E-state index contributed by atoms with van der Waals surface area (Å²) in [5.74, 6) is 0. The zero-order valence-corrected chi connectivity index (χ0v) is 15.7. The Morgan fingerprint density at radius 2 is 2.00 bits per heavy atom. The summed E-state index contributed by atoms with van der Waals surface area (Å²) in [5, 5.41) is 6.29. The Hall–Kier alpha value is -0.0705. The first-order valence-corrected chi connectivity index (χ1v) is 11.6. The van der Waals surface area contributed by atoms with E-state index in [0.717, 1.165) is 16.5 Å². The summed E-state index contributed by atoms with van der Waals surface area (Å²) in [6.07, 6.45) is 5.36. The number of pyridine rings is 1. The van der Waals surface area contributed by atoms with Crippen molar-refractivity contribution in [2.75, 3.05) is 6.26 Å². The Labute approximate surface area is 150 Å². The predicted octanol–water partition coefficient (Wildman–Crippen LogP) is 4.87. The molecule has 2 rings (SSSR count). The second kappa shape index (κ2) is 10.6. The van der Waals surface area contributed by atoms with Gasteiger partial charge in [-0.15, -0.1) is 0 Å². The number of aromatic nitrogens is 1. The molecule has 0 amide bonds. The minimum absolute atomic E-state index is 0.640. The van der Waals surface area contributed by atoms with E-state index < -0.39 is 11.2 Å². The van der Waals surface area contributed by atoms with E-state index in [1.165, 1.54) is 11.8 Å². The molecule has 0 aliphatic carbocycles. The maximum atomic E-state index is 4.98. The molecule has 0 spiro atoms. The number of thiocarbonyl (C=S) groups is 1. The van der Waals surface area contributed by atoms with Crippen LogP contribution in [0, 0.1) is 0 Å².